The summed E-state index contributed by atoms with van der Waals surface area (Å²) in [5, 5.41) is 4.72. The molecule has 8 heteroatoms. The van der Waals surface area contributed by atoms with Crippen molar-refractivity contribution < 1.29 is 14.3 Å². The molecule has 162 valence electrons. The van der Waals surface area contributed by atoms with Gasteiger partial charge in [0.15, 0.2) is 17.3 Å². The lowest BCUT2D eigenvalue weighted by molar-refractivity contribution is 0.0798. The fraction of sp³-hybridized carbons (Fsp3) is 0.435. The molecule has 1 atom stereocenters. The molecule has 3 aromatic rings. The Kier molecular flexibility index (Phi) is 5.23. The number of likely N-dealkylation sites (tertiary alicyclic amines) is 1. The lowest BCUT2D eigenvalue weighted by Crippen LogP contribution is -2.38. The molecule has 0 amide bonds. The van der Waals surface area contributed by atoms with Crippen molar-refractivity contribution in [2.45, 2.75) is 19.4 Å². The van der Waals surface area contributed by atoms with Crippen molar-refractivity contribution in [3.05, 3.63) is 48.2 Å². The third-order valence-electron chi connectivity index (χ3n) is 6.03. The number of ketones is 1. The normalized spacial score (nSPS) is 18.8. The molecule has 0 N–H and O–H groups in total. The minimum Gasteiger partial charge on any atom is -0.486 e. The van der Waals surface area contributed by atoms with E-state index in [0.29, 0.717) is 19.0 Å². The smallest absolute Gasteiger partial charge is 0.202 e. The first-order chi connectivity index (χ1) is 15.1. The Morgan fingerprint density at radius 2 is 2.03 bits per heavy atom. The molecule has 1 fully saturated rings. The van der Waals surface area contributed by atoms with Crippen molar-refractivity contribution in [2.24, 2.45) is 20.0 Å². The molecular formula is C23H27N5O3. The van der Waals surface area contributed by atoms with Gasteiger partial charge < -0.3 is 14.0 Å². The van der Waals surface area contributed by atoms with Gasteiger partial charge in [0.2, 0.25) is 5.78 Å². The van der Waals surface area contributed by atoms with E-state index in [1.165, 1.54) is 0 Å². The predicted molar refractivity (Wildman–Crippen MR) is 115 cm³/mol. The highest BCUT2D eigenvalue weighted by Gasteiger charge is 2.29. The van der Waals surface area contributed by atoms with Gasteiger partial charge in [0.25, 0.3) is 0 Å². The summed E-state index contributed by atoms with van der Waals surface area (Å²) in [7, 11) is 3.81. The fourth-order valence-electron chi connectivity index (χ4n) is 4.53. The van der Waals surface area contributed by atoms with Crippen molar-refractivity contribution in [1.29, 1.82) is 0 Å². The van der Waals surface area contributed by atoms with E-state index in [2.05, 4.69) is 16.1 Å². The van der Waals surface area contributed by atoms with Crippen LogP contribution in [0.15, 0.2) is 36.8 Å². The fourth-order valence-corrected chi connectivity index (χ4v) is 4.53. The Hall–Kier alpha value is -3.13. The molecule has 0 spiro atoms. The van der Waals surface area contributed by atoms with E-state index >= 15 is 0 Å². The lowest BCUT2D eigenvalue weighted by Gasteiger charge is -2.31. The Balaban J connectivity index is 1.35. The van der Waals surface area contributed by atoms with Crippen molar-refractivity contribution in [1.82, 2.24) is 24.2 Å². The SMILES string of the molecule is Cn1cc(CN2CCC[C@H](C(=O)c3nccn3C)C2)c(-c2ccc3c(c2)OCCO3)n1. The first-order valence-corrected chi connectivity index (χ1v) is 10.7. The van der Waals surface area contributed by atoms with Crippen LogP contribution in [0, 0.1) is 5.92 Å². The number of imidazole rings is 1. The number of fused-ring (bicyclic) bond motifs is 1. The average Bonchev–Trinajstić information content (AvgIpc) is 3.38. The van der Waals surface area contributed by atoms with Crippen molar-refractivity contribution in [3.8, 4) is 22.8 Å². The number of carbonyl (C=O) groups excluding carboxylic acids is 1. The average molecular weight is 422 g/mol. The number of carbonyl (C=O) groups is 1. The van der Waals surface area contributed by atoms with Crippen LogP contribution in [0.1, 0.15) is 29.0 Å². The third kappa shape index (κ3) is 3.95. The molecule has 2 aliphatic rings. The molecule has 1 aromatic carbocycles. The summed E-state index contributed by atoms with van der Waals surface area (Å²) in [6.07, 6.45) is 7.48. The van der Waals surface area contributed by atoms with Gasteiger partial charge in [-0.2, -0.15) is 5.10 Å². The summed E-state index contributed by atoms with van der Waals surface area (Å²) in [6.45, 7) is 3.60. The minimum atomic E-state index is -0.0238. The second-order valence-electron chi connectivity index (χ2n) is 8.34. The van der Waals surface area contributed by atoms with Gasteiger partial charge in [0, 0.05) is 62.8 Å². The molecule has 2 aromatic heterocycles. The molecule has 4 heterocycles. The largest absolute Gasteiger partial charge is 0.486 e. The van der Waals surface area contributed by atoms with E-state index < -0.39 is 0 Å². The Labute approximate surface area is 181 Å². The molecule has 8 nitrogen and oxygen atoms in total. The predicted octanol–water partition coefficient (Wildman–Crippen LogP) is 2.69. The highest BCUT2D eigenvalue weighted by Crippen LogP contribution is 2.35. The van der Waals surface area contributed by atoms with E-state index in [4.69, 9.17) is 14.6 Å². The van der Waals surface area contributed by atoms with Crippen LogP contribution in [0.5, 0.6) is 11.5 Å². The van der Waals surface area contributed by atoms with Gasteiger partial charge in [0.1, 0.15) is 13.2 Å². The molecular weight excluding hydrogens is 394 g/mol. The van der Waals surface area contributed by atoms with Crippen LogP contribution in [-0.2, 0) is 20.6 Å². The highest BCUT2D eigenvalue weighted by molar-refractivity contribution is 5.95. The van der Waals surface area contributed by atoms with Gasteiger partial charge >= 0.3 is 0 Å². The van der Waals surface area contributed by atoms with Gasteiger partial charge in [0.05, 0.1) is 5.69 Å². The summed E-state index contributed by atoms with van der Waals surface area (Å²) in [5.74, 6) is 2.20. The number of aromatic nitrogens is 4. The zero-order valence-electron chi connectivity index (χ0n) is 18.0. The minimum absolute atomic E-state index is 0.0238. The van der Waals surface area contributed by atoms with E-state index in [1.54, 1.807) is 6.20 Å². The van der Waals surface area contributed by atoms with Gasteiger partial charge in [-0.1, -0.05) is 0 Å². The number of ether oxygens (including phenoxy) is 2. The Bertz CT molecular complexity index is 1100. The molecule has 0 saturated carbocycles. The van der Waals surface area contributed by atoms with Crippen LogP contribution >= 0.6 is 0 Å². The van der Waals surface area contributed by atoms with Crippen LogP contribution in [0.3, 0.4) is 0 Å². The van der Waals surface area contributed by atoms with Crippen LogP contribution in [0.2, 0.25) is 0 Å². The van der Waals surface area contributed by atoms with E-state index in [1.807, 2.05) is 47.7 Å². The monoisotopic (exact) mass is 421 g/mol. The summed E-state index contributed by atoms with van der Waals surface area (Å²) in [4.78, 5) is 19.6. The number of rotatable bonds is 5. The maximum atomic E-state index is 13.0. The molecule has 0 aliphatic carbocycles. The van der Waals surface area contributed by atoms with Gasteiger partial charge in [-0.05, 0) is 37.6 Å². The van der Waals surface area contributed by atoms with Crippen LogP contribution < -0.4 is 9.47 Å². The van der Waals surface area contributed by atoms with E-state index in [-0.39, 0.29) is 11.7 Å². The third-order valence-corrected chi connectivity index (χ3v) is 6.03. The van der Waals surface area contributed by atoms with Gasteiger partial charge in [-0.3, -0.25) is 14.4 Å². The molecule has 0 radical (unpaired) electrons. The van der Waals surface area contributed by atoms with Gasteiger partial charge in [-0.15, -0.1) is 0 Å². The number of nitrogens with zero attached hydrogens (tertiary/aromatic N) is 5. The number of piperidine rings is 1. The lowest BCUT2D eigenvalue weighted by atomic mass is 9.93. The number of hydrogen-bond acceptors (Lipinski definition) is 6. The molecule has 0 bridgehead atoms. The number of hydrogen-bond donors (Lipinski definition) is 0. The second-order valence-corrected chi connectivity index (χ2v) is 8.34. The van der Waals surface area contributed by atoms with Gasteiger partial charge in [-0.25, -0.2) is 4.98 Å². The maximum absolute atomic E-state index is 13.0. The molecule has 0 unspecified atom stereocenters. The van der Waals surface area contributed by atoms with Crippen LogP contribution in [0.4, 0.5) is 0 Å². The first kappa shape index (κ1) is 19.8. The number of benzene rings is 1. The molecule has 1 saturated heterocycles. The maximum Gasteiger partial charge on any atom is 0.202 e. The first-order valence-electron chi connectivity index (χ1n) is 10.7. The van der Waals surface area contributed by atoms with Crippen LogP contribution in [-0.4, -0.2) is 56.3 Å². The van der Waals surface area contributed by atoms with E-state index in [0.717, 1.165) is 60.8 Å². The zero-order chi connectivity index (χ0) is 21.4. The van der Waals surface area contributed by atoms with Crippen molar-refractivity contribution in [3.63, 3.8) is 0 Å². The zero-order valence-corrected chi connectivity index (χ0v) is 18.0. The summed E-state index contributed by atoms with van der Waals surface area (Å²) < 4.78 is 15.1. The quantitative estimate of drug-likeness (QED) is 0.590. The van der Waals surface area contributed by atoms with Crippen molar-refractivity contribution >= 4 is 5.78 Å². The highest BCUT2D eigenvalue weighted by atomic mass is 16.6. The topological polar surface area (TPSA) is 74.4 Å². The van der Waals surface area contributed by atoms with Crippen LogP contribution in [0.25, 0.3) is 11.3 Å². The Morgan fingerprint density at radius 3 is 2.84 bits per heavy atom. The number of aryl methyl sites for hydroxylation is 2. The van der Waals surface area contributed by atoms with E-state index in [9.17, 15) is 4.79 Å². The summed E-state index contributed by atoms with van der Waals surface area (Å²) in [5.41, 5.74) is 3.10. The molecule has 5 rings (SSSR count). The summed E-state index contributed by atoms with van der Waals surface area (Å²) in [6, 6.07) is 5.98. The Morgan fingerprint density at radius 1 is 1.19 bits per heavy atom. The standard InChI is InChI=1S/C23H27N5O3/c1-26-9-7-24-23(26)22(29)17-4-3-8-28(14-17)15-18-13-27(2)25-21(18)16-5-6-19-20(12-16)31-11-10-30-19/h5-7,9,12-13,17H,3-4,8,10-11,14-15H2,1-2H3/t17-/m0/s1. The van der Waals surface area contributed by atoms with Crippen molar-refractivity contribution in [2.75, 3.05) is 26.3 Å². The molecule has 31 heavy (non-hydrogen) atoms. The molecule has 2 aliphatic heterocycles. The second kappa shape index (κ2) is 8.19. The summed E-state index contributed by atoms with van der Waals surface area (Å²) >= 11 is 0. The number of Topliss-reactive ketones (excluding diaryl/α,β-unsaturated/α-hetero) is 1.